The number of carbonyl (C=O) groups excluding carboxylic acids is 1. The first-order chi connectivity index (χ1) is 6.06. The van der Waals surface area contributed by atoms with Crippen molar-refractivity contribution in [2.24, 2.45) is 0 Å². The van der Waals surface area contributed by atoms with Gasteiger partial charge in [-0.05, 0) is 13.8 Å². The Morgan fingerprint density at radius 3 is 2.46 bits per heavy atom. The molecule has 5 heteroatoms. The van der Waals surface area contributed by atoms with Gasteiger partial charge in [-0.15, -0.1) is 0 Å². The average Bonchev–Trinajstić information content (AvgIpc) is 2.01. The number of carbonyl (C=O) groups is 2. The zero-order valence-electron chi connectivity index (χ0n) is 7.78. The standard InChI is InChI=1S/C8H14O5/c1-3-12-6(2)13-8(11)5-4-7(9)10/h6H,3-5H2,1-2H3,(H,9,10). The number of aliphatic carboxylic acids is 1. The van der Waals surface area contributed by atoms with E-state index in [1.54, 1.807) is 13.8 Å². The van der Waals surface area contributed by atoms with E-state index in [4.69, 9.17) is 14.6 Å². The summed E-state index contributed by atoms with van der Waals surface area (Å²) in [6, 6.07) is 0. The van der Waals surface area contributed by atoms with Crippen molar-refractivity contribution in [3.8, 4) is 0 Å². The number of hydrogen-bond acceptors (Lipinski definition) is 4. The van der Waals surface area contributed by atoms with Gasteiger partial charge < -0.3 is 14.6 Å². The fourth-order valence-corrected chi connectivity index (χ4v) is 0.722. The second-order valence-corrected chi connectivity index (χ2v) is 2.41. The van der Waals surface area contributed by atoms with Crippen molar-refractivity contribution in [2.75, 3.05) is 6.61 Å². The van der Waals surface area contributed by atoms with Crippen molar-refractivity contribution in [1.29, 1.82) is 0 Å². The Labute approximate surface area is 76.6 Å². The summed E-state index contributed by atoms with van der Waals surface area (Å²) in [4.78, 5) is 20.9. The van der Waals surface area contributed by atoms with E-state index >= 15 is 0 Å². The van der Waals surface area contributed by atoms with E-state index in [2.05, 4.69) is 0 Å². The third kappa shape index (κ3) is 7.27. The van der Waals surface area contributed by atoms with Gasteiger partial charge in [0.05, 0.1) is 12.8 Å². The molecule has 0 aliphatic carbocycles. The minimum Gasteiger partial charge on any atom is -0.481 e. The van der Waals surface area contributed by atoms with Crippen molar-refractivity contribution < 1.29 is 24.2 Å². The molecule has 0 heterocycles. The summed E-state index contributed by atoms with van der Waals surface area (Å²) in [7, 11) is 0. The van der Waals surface area contributed by atoms with E-state index in [0.29, 0.717) is 6.61 Å². The molecule has 0 aliphatic heterocycles. The molecule has 1 atom stereocenters. The van der Waals surface area contributed by atoms with Crippen LogP contribution in [0.4, 0.5) is 0 Å². The molecule has 13 heavy (non-hydrogen) atoms. The van der Waals surface area contributed by atoms with E-state index < -0.39 is 18.2 Å². The monoisotopic (exact) mass is 190 g/mol. The maximum absolute atomic E-state index is 10.9. The second kappa shape index (κ2) is 6.42. The van der Waals surface area contributed by atoms with Crippen molar-refractivity contribution >= 4 is 11.9 Å². The Bertz CT molecular complexity index is 177. The zero-order chi connectivity index (χ0) is 10.3. The molecule has 0 aromatic heterocycles. The van der Waals surface area contributed by atoms with Crippen LogP contribution in [-0.4, -0.2) is 29.9 Å². The molecular formula is C8H14O5. The Morgan fingerprint density at radius 1 is 1.38 bits per heavy atom. The first kappa shape index (κ1) is 11.9. The third-order valence-electron chi connectivity index (χ3n) is 1.24. The van der Waals surface area contributed by atoms with Crippen LogP contribution < -0.4 is 0 Å². The molecule has 0 bridgehead atoms. The molecule has 0 aromatic rings. The van der Waals surface area contributed by atoms with Crippen LogP contribution in [-0.2, 0) is 19.1 Å². The predicted molar refractivity (Wildman–Crippen MR) is 44.0 cm³/mol. The molecule has 0 rings (SSSR count). The largest absolute Gasteiger partial charge is 0.481 e. The first-order valence-electron chi connectivity index (χ1n) is 4.09. The molecule has 1 N–H and O–H groups in total. The van der Waals surface area contributed by atoms with Gasteiger partial charge in [-0.1, -0.05) is 0 Å². The number of hydrogen-bond donors (Lipinski definition) is 1. The lowest BCUT2D eigenvalue weighted by Crippen LogP contribution is -2.18. The van der Waals surface area contributed by atoms with Gasteiger partial charge in [0.25, 0.3) is 0 Å². The smallest absolute Gasteiger partial charge is 0.308 e. The van der Waals surface area contributed by atoms with Crippen LogP contribution in [0.1, 0.15) is 26.7 Å². The summed E-state index contributed by atoms with van der Waals surface area (Å²) in [5, 5.41) is 8.26. The fraction of sp³-hybridized carbons (Fsp3) is 0.750. The van der Waals surface area contributed by atoms with Gasteiger partial charge in [0.2, 0.25) is 0 Å². The normalized spacial score (nSPS) is 12.2. The van der Waals surface area contributed by atoms with E-state index in [1.807, 2.05) is 0 Å². The Balaban J connectivity index is 3.55. The van der Waals surface area contributed by atoms with E-state index in [1.165, 1.54) is 0 Å². The number of ether oxygens (including phenoxy) is 2. The van der Waals surface area contributed by atoms with Crippen LogP contribution in [0.2, 0.25) is 0 Å². The van der Waals surface area contributed by atoms with Gasteiger partial charge >= 0.3 is 11.9 Å². The van der Waals surface area contributed by atoms with Gasteiger partial charge in [0, 0.05) is 6.61 Å². The van der Waals surface area contributed by atoms with E-state index in [-0.39, 0.29) is 12.8 Å². The third-order valence-corrected chi connectivity index (χ3v) is 1.24. The summed E-state index contributed by atoms with van der Waals surface area (Å²) in [5.41, 5.74) is 0. The second-order valence-electron chi connectivity index (χ2n) is 2.41. The molecule has 0 amide bonds. The molecule has 76 valence electrons. The van der Waals surface area contributed by atoms with Crippen LogP contribution in [0.25, 0.3) is 0 Å². The Kier molecular flexibility index (Phi) is 5.88. The van der Waals surface area contributed by atoms with Gasteiger partial charge in [-0.2, -0.15) is 0 Å². The number of carboxylic acids is 1. The van der Waals surface area contributed by atoms with Gasteiger partial charge in [0.1, 0.15) is 0 Å². The predicted octanol–water partition coefficient (Wildman–Crippen LogP) is 0.777. The maximum Gasteiger partial charge on any atom is 0.308 e. The quantitative estimate of drug-likeness (QED) is 0.495. The maximum atomic E-state index is 10.9. The number of carboxylic acid groups (broad SMARTS) is 1. The molecule has 0 saturated heterocycles. The molecule has 0 spiro atoms. The summed E-state index contributed by atoms with van der Waals surface area (Å²) in [5.74, 6) is -1.57. The average molecular weight is 190 g/mol. The molecular weight excluding hydrogens is 176 g/mol. The van der Waals surface area contributed by atoms with E-state index in [0.717, 1.165) is 0 Å². The Morgan fingerprint density at radius 2 is 2.00 bits per heavy atom. The van der Waals surface area contributed by atoms with Gasteiger partial charge in [0.15, 0.2) is 6.29 Å². The SMILES string of the molecule is CCOC(C)OC(=O)CCC(=O)O. The minimum atomic E-state index is -1.01. The van der Waals surface area contributed by atoms with Crippen LogP contribution in [0, 0.1) is 0 Å². The molecule has 0 aromatic carbocycles. The van der Waals surface area contributed by atoms with Crippen molar-refractivity contribution in [2.45, 2.75) is 33.0 Å². The van der Waals surface area contributed by atoms with Gasteiger partial charge in [-0.3, -0.25) is 9.59 Å². The summed E-state index contributed by atoms with van der Waals surface area (Å²) < 4.78 is 9.65. The van der Waals surface area contributed by atoms with Crippen LogP contribution in [0.3, 0.4) is 0 Å². The molecule has 0 aliphatic rings. The van der Waals surface area contributed by atoms with E-state index in [9.17, 15) is 9.59 Å². The van der Waals surface area contributed by atoms with Crippen LogP contribution in [0.15, 0.2) is 0 Å². The molecule has 0 radical (unpaired) electrons. The highest BCUT2D eigenvalue weighted by Crippen LogP contribution is 1.98. The molecule has 0 saturated carbocycles. The summed E-state index contributed by atoms with van der Waals surface area (Å²) >= 11 is 0. The lowest BCUT2D eigenvalue weighted by atomic mass is 10.3. The van der Waals surface area contributed by atoms with Crippen molar-refractivity contribution in [3.63, 3.8) is 0 Å². The van der Waals surface area contributed by atoms with Crippen molar-refractivity contribution in [3.05, 3.63) is 0 Å². The summed E-state index contributed by atoms with van der Waals surface area (Å²) in [6.45, 7) is 3.82. The lowest BCUT2D eigenvalue weighted by molar-refractivity contribution is -0.174. The zero-order valence-corrected chi connectivity index (χ0v) is 7.78. The molecule has 1 unspecified atom stereocenters. The number of esters is 1. The van der Waals surface area contributed by atoms with Crippen LogP contribution in [0.5, 0.6) is 0 Å². The number of rotatable bonds is 6. The fourth-order valence-electron chi connectivity index (χ4n) is 0.722. The highest BCUT2D eigenvalue weighted by molar-refractivity contribution is 5.76. The van der Waals surface area contributed by atoms with Gasteiger partial charge in [-0.25, -0.2) is 0 Å². The summed E-state index contributed by atoms with van der Waals surface area (Å²) in [6.07, 6.45) is -0.934. The van der Waals surface area contributed by atoms with Crippen LogP contribution >= 0.6 is 0 Å². The van der Waals surface area contributed by atoms with Crippen molar-refractivity contribution in [1.82, 2.24) is 0 Å². The highest BCUT2D eigenvalue weighted by Gasteiger charge is 2.10. The highest BCUT2D eigenvalue weighted by atomic mass is 16.7. The first-order valence-corrected chi connectivity index (χ1v) is 4.09. The lowest BCUT2D eigenvalue weighted by Gasteiger charge is -2.11. The minimum absolute atomic E-state index is 0.118. The molecule has 0 fully saturated rings. The topological polar surface area (TPSA) is 72.8 Å². The molecule has 5 nitrogen and oxygen atoms in total. The Hall–Kier alpha value is -1.10.